The Bertz CT molecular complexity index is 392. The van der Waals surface area contributed by atoms with Gasteiger partial charge in [-0.15, -0.1) is 0 Å². The van der Waals surface area contributed by atoms with E-state index in [0.717, 1.165) is 37.9 Å². The van der Waals surface area contributed by atoms with Crippen LogP contribution in [0, 0.1) is 5.92 Å². The van der Waals surface area contributed by atoms with Crippen LogP contribution in [0.4, 0.5) is 0 Å². The molecular formula is C16H25NO. The Morgan fingerprint density at radius 1 is 1.28 bits per heavy atom. The van der Waals surface area contributed by atoms with Gasteiger partial charge in [-0.1, -0.05) is 38.1 Å². The summed E-state index contributed by atoms with van der Waals surface area (Å²) in [7, 11) is 2.12. The first-order valence-electron chi connectivity index (χ1n) is 7.00. The molecule has 1 aromatic rings. The third-order valence-electron chi connectivity index (χ3n) is 3.92. The molecule has 1 N–H and O–H groups in total. The maximum atomic E-state index is 10.8. The standard InChI is InChI=1S/C16H25NO/c1-13(2)11-14-5-4-6-15(12-14)16(18)7-9-17(3)10-8-16/h4-6,12-13,18H,7-11H2,1-3H3. The molecule has 0 radical (unpaired) electrons. The number of aliphatic hydroxyl groups is 1. The number of rotatable bonds is 3. The maximum absolute atomic E-state index is 10.8. The third kappa shape index (κ3) is 3.12. The number of piperidine rings is 1. The number of hydrogen-bond acceptors (Lipinski definition) is 2. The molecule has 1 aromatic carbocycles. The van der Waals surface area contributed by atoms with Crippen LogP contribution < -0.4 is 0 Å². The molecule has 2 nitrogen and oxygen atoms in total. The molecule has 0 bridgehead atoms. The normalized spacial score (nSPS) is 20.3. The molecule has 0 spiro atoms. The van der Waals surface area contributed by atoms with E-state index in [0.29, 0.717) is 5.92 Å². The summed E-state index contributed by atoms with van der Waals surface area (Å²) in [6.07, 6.45) is 2.77. The molecule has 0 aliphatic carbocycles. The van der Waals surface area contributed by atoms with Gasteiger partial charge in [0, 0.05) is 13.1 Å². The molecule has 18 heavy (non-hydrogen) atoms. The molecule has 1 heterocycles. The van der Waals surface area contributed by atoms with Crippen molar-refractivity contribution in [1.82, 2.24) is 4.90 Å². The summed E-state index contributed by atoms with van der Waals surface area (Å²) in [5.41, 5.74) is 1.84. The van der Waals surface area contributed by atoms with Gasteiger partial charge in [0.1, 0.15) is 0 Å². The number of hydrogen-bond donors (Lipinski definition) is 1. The highest BCUT2D eigenvalue weighted by molar-refractivity contribution is 5.29. The molecule has 1 saturated heterocycles. The van der Waals surface area contributed by atoms with Gasteiger partial charge in [0.05, 0.1) is 5.60 Å². The topological polar surface area (TPSA) is 23.5 Å². The monoisotopic (exact) mass is 247 g/mol. The summed E-state index contributed by atoms with van der Waals surface area (Å²) in [5.74, 6) is 0.660. The number of likely N-dealkylation sites (tertiary alicyclic amines) is 1. The van der Waals surface area contributed by atoms with Crippen LogP contribution >= 0.6 is 0 Å². The van der Waals surface area contributed by atoms with E-state index >= 15 is 0 Å². The molecule has 1 fully saturated rings. The van der Waals surface area contributed by atoms with Crippen LogP contribution in [-0.2, 0) is 12.0 Å². The summed E-state index contributed by atoms with van der Waals surface area (Å²) in [5, 5.41) is 10.8. The van der Waals surface area contributed by atoms with Crippen LogP contribution in [0.2, 0.25) is 0 Å². The van der Waals surface area contributed by atoms with Crippen molar-refractivity contribution in [2.75, 3.05) is 20.1 Å². The molecule has 0 aromatic heterocycles. The van der Waals surface area contributed by atoms with Crippen molar-refractivity contribution in [3.8, 4) is 0 Å². The van der Waals surface area contributed by atoms with Gasteiger partial charge in [-0.05, 0) is 43.4 Å². The second-order valence-corrected chi connectivity index (χ2v) is 6.13. The SMILES string of the molecule is CC(C)Cc1cccc(C2(O)CCN(C)CC2)c1. The van der Waals surface area contributed by atoms with Crippen LogP contribution in [-0.4, -0.2) is 30.1 Å². The van der Waals surface area contributed by atoms with Crippen molar-refractivity contribution >= 4 is 0 Å². The van der Waals surface area contributed by atoms with Gasteiger partial charge in [0.15, 0.2) is 0 Å². The summed E-state index contributed by atoms with van der Waals surface area (Å²) >= 11 is 0. The lowest BCUT2D eigenvalue weighted by atomic mass is 9.83. The summed E-state index contributed by atoms with van der Waals surface area (Å²) in [6.45, 7) is 6.42. The van der Waals surface area contributed by atoms with Gasteiger partial charge in [-0.2, -0.15) is 0 Å². The van der Waals surface area contributed by atoms with Gasteiger partial charge >= 0.3 is 0 Å². The second kappa shape index (κ2) is 5.41. The molecule has 1 aliphatic rings. The smallest absolute Gasteiger partial charge is 0.0921 e. The van der Waals surface area contributed by atoms with Gasteiger partial charge in [-0.25, -0.2) is 0 Å². The average Bonchev–Trinajstić information content (AvgIpc) is 2.33. The molecule has 0 amide bonds. The fraction of sp³-hybridized carbons (Fsp3) is 0.625. The first-order valence-corrected chi connectivity index (χ1v) is 7.00. The van der Waals surface area contributed by atoms with E-state index in [2.05, 4.69) is 50.1 Å². The fourth-order valence-electron chi connectivity index (χ4n) is 2.74. The van der Waals surface area contributed by atoms with Gasteiger partial charge in [0.25, 0.3) is 0 Å². The van der Waals surface area contributed by atoms with Crippen LogP contribution in [0.25, 0.3) is 0 Å². The molecular weight excluding hydrogens is 222 g/mol. The lowest BCUT2D eigenvalue weighted by Gasteiger charge is -2.37. The van der Waals surface area contributed by atoms with Crippen molar-refractivity contribution in [2.24, 2.45) is 5.92 Å². The summed E-state index contributed by atoms with van der Waals surface area (Å²) in [6, 6.07) is 8.53. The van der Waals surface area contributed by atoms with Crippen LogP contribution in [0.3, 0.4) is 0 Å². The zero-order valence-corrected chi connectivity index (χ0v) is 11.8. The highest BCUT2D eigenvalue weighted by atomic mass is 16.3. The van der Waals surface area contributed by atoms with E-state index in [1.807, 2.05) is 0 Å². The Balaban J connectivity index is 2.17. The zero-order valence-electron chi connectivity index (χ0n) is 11.8. The van der Waals surface area contributed by atoms with Crippen molar-refractivity contribution in [2.45, 2.75) is 38.7 Å². The van der Waals surface area contributed by atoms with E-state index in [-0.39, 0.29) is 0 Å². The molecule has 0 atom stereocenters. The van der Waals surface area contributed by atoms with Crippen LogP contribution in [0.15, 0.2) is 24.3 Å². The van der Waals surface area contributed by atoms with E-state index in [1.165, 1.54) is 5.56 Å². The van der Waals surface area contributed by atoms with E-state index in [1.54, 1.807) is 0 Å². The van der Waals surface area contributed by atoms with Gasteiger partial charge in [0.2, 0.25) is 0 Å². The van der Waals surface area contributed by atoms with E-state index in [4.69, 9.17) is 0 Å². The highest BCUT2D eigenvalue weighted by Gasteiger charge is 2.32. The minimum Gasteiger partial charge on any atom is -0.385 e. The molecule has 2 heteroatoms. The number of benzene rings is 1. The first-order chi connectivity index (χ1) is 8.49. The Kier molecular flexibility index (Phi) is 4.08. The Hall–Kier alpha value is -0.860. The first kappa shape index (κ1) is 13.6. The minimum absolute atomic E-state index is 0.612. The van der Waals surface area contributed by atoms with E-state index in [9.17, 15) is 5.11 Å². The van der Waals surface area contributed by atoms with Gasteiger partial charge in [-0.3, -0.25) is 0 Å². The predicted molar refractivity (Wildman–Crippen MR) is 75.6 cm³/mol. The Labute approximate surface area is 111 Å². The molecule has 0 unspecified atom stereocenters. The molecule has 1 aliphatic heterocycles. The third-order valence-corrected chi connectivity index (χ3v) is 3.92. The highest BCUT2D eigenvalue weighted by Crippen LogP contribution is 2.32. The minimum atomic E-state index is -0.612. The Morgan fingerprint density at radius 2 is 1.94 bits per heavy atom. The van der Waals surface area contributed by atoms with Crippen molar-refractivity contribution in [1.29, 1.82) is 0 Å². The lowest BCUT2D eigenvalue weighted by molar-refractivity contribution is -0.0203. The van der Waals surface area contributed by atoms with Crippen molar-refractivity contribution < 1.29 is 5.11 Å². The van der Waals surface area contributed by atoms with Crippen molar-refractivity contribution in [3.63, 3.8) is 0 Å². The van der Waals surface area contributed by atoms with Gasteiger partial charge < -0.3 is 10.0 Å². The van der Waals surface area contributed by atoms with Crippen molar-refractivity contribution in [3.05, 3.63) is 35.4 Å². The molecule has 0 saturated carbocycles. The Morgan fingerprint density at radius 3 is 2.56 bits per heavy atom. The quantitative estimate of drug-likeness (QED) is 0.888. The fourth-order valence-corrected chi connectivity index (χ4v) is 2.74. The number of nitrogens with zero attached hydrogens (tertiary/aromatic N) is 1. The zero-order chi connectivity index (χ0) is 13.2. The summed E-state index contributed by atoms with van der Waals surface area (Å²) < 4.78 is 0. The van der Waals surface area contributed by atoms with Crippen LogP contribution in [0.1, 0.15) is 37.8 Å². The van der Waals surface area contributed by atoms with E-state index < -0.39 is 5.60 Å². The predicted octanol–water partition coefficient (Wildman–Crippen LogP) is 2.80. The lowest BCUT2D eigenvalue weighted by Crippen LogP contribution is -2.40. The average molecular weight is 247 g/mol. The molecule has 2 rings (SSSR count). The maximum Gasteiger partial charge on any atom is 0.0921 e. The largest absolute Gasteiger partial charge is 0.385 e. The second-order valence-electron chi connectivity index (χ2n) is 6.13. The van der Waals surface area contributed by atoms with Crippen LogP contribution in [0.5, 0.6) is 0 Å². The molecule has 100 valence electrons. The summed E-state index contributed by atoms with van der Waals surface area (Å²) in [4.78, 5) is 2.28.